The number of nitrogens with zero attached hydrogens (tertiary/aromatic N) is 2. The van der Waals surface area contributed by atoms with Crippen molar-refractivity contribution in [3.63, 3.8) is 0 Å². The summed E-state index contributed by atoms with van der Waals surface area (Å²) in [5, 5.41) is 0. The SMILES string of the molecule is CCCCC1(C)CCC(CN(CCN(CC2COC(C)(CCC)O2)CC2COC(C)(CCC)O2)CC2COC(C)(CCC)O2)O1. The quantitative estimate of drug-likeness (QED) is 0.148. The highest BCUT2D eigenvalue weighted by molar-refractivity contribution is 4.88. The lowest BCUT2D eigenvalue weighted by atomic mass is 9.95. The van der Waals surface area contributed by atoms with Crippen molar-refractivity contribution < 1.29 is 33.2 Å². The Morgan fingerprint density at radius 2 is 0.911 bits per heavy atom. The topological polar surface area (TPSA) is 71.1 Å². The van der Waals surface area contributed by atoms with Gasteiger partial charge in [0.2, 0.25) is 0 Å². The average Bonchev–Trinajstić information content (AvgIpc) is 3.74. The van der Waals surface area contributed by atoms with E-state index >= 15 is 0 Å². The van der Waals surface area contributed by atoms with Gasteiger partial charge in [0.1, 0.15) is 0 Å². The lowest BCUT2D eigenvalue weighted by Gasteiger charge is -2.33. The predicted octanol–water partition coefficient (Wildman–Crippen LogP) is 6.51. The zero-order valence-electron chi connectivity index (χ0n) is 30.2. The van der Waals surface area contributed by atoms with Gasteiger partial charge in [0.25, 0.3) is 0 Å². The second-order valence-electron chi connectivity index (χ2n) is 15.2. The van der Waals surface area contributed by atoms with Crippen LogP contribution in [0.4, 0.5) is 0 Å². The Hall–Kier alpha value is -0.360. The Labute approximate surface area is 275 Å². The van der Waals surface area contributed by atoms with E-state index in [1.54, 1.807) is 0 Å². The monoisotopic (exact) mass is 641 g/mol. The van der Waals surface area contributed by atoms with Crippen LogP contribution in [0.1, 0.15) is 126 Å². The fourth-order valence-electron chi connectivity index (χ4n) is 7.89. The summed E-state index contributed by atoms with van der Waals surface area (Å²) in [6.45, 7) is 24.5. The third-order valence-electron chi connectivity index (χ3n) is 10.2. The number of unbranched alkanes of at least 4 members (excludes halogenated alkanes) is 1. The summed E-state index contributed by atoms with van der Waals surface area (Å²) >= 11 is 0. The van der Waals surface area contributed by atoms with Crippen LogP contribution < -0.4 is 0 Å². The molecule has 0 saturated carbocycles. The first kappa shape index (κ1) is 37.5. The van der Waals surface area contributed by atoms with Gasteiger partial charge >= 0.3 is 0 Å². The van der Waals surface area contributed by atoms with E-state index in [9.17, 15) is 0 Å². The molecule has 0 radical (unpaired) electrons. The van der Waals surface area contributed by atoms with Crippen molar-refractivity contribution >= 4 is 0 Å². The summed E-state index contributed by atoms with van der Waals surface area (Å²) in [4.78, 5) is 5.08. The van der Waals surface area contributed by atoms with Crippen LogP contribution in [0.3, 0.4) is 0 Å². The van der Waals surface area contributed by atoms with E-state index < -0.39 is 17.4 Å². The molecule has 4 fully saturated rings. The Morgan fingerprint density at radius 1 is 0.511 bits per heavy atom. The van der Waals surface area contributed by atoms with Gasteiger partial charge in [-0.05, 0) is 47.0 Å². The van der Waals surface area contributed by atoms with Crippen molar-refractivity contribution in [1.82, 2.24) is 9.80 Å². The maximum Gasteiger partial charge on any atom is 0.166 e. The van der Waals surface area contributed by atoms with Crippen LogP contribution in [0.5, 0.6) is 0 Å². The van der Waals surface area contributed by atoms with Crippen molar-refractivity contribution in [2.24, 2.45) is 0 Å². The van der Waals surface area contributed by atoms with Crippen LogP contribution in [0.2, 0.25) is 0 Å². The Bertz CT molecular complexity index is 850. The van der Waals surface area contributed by atoms with Gasteiger partial charge in [0, 0.05) is 58.5 Å². The summed E-state index contributed by atoms with van der Waals surface area (Å²) in [7, 11) is 0. The third-order valence-corrected chi connectivity index (χ3v) is 10.2. The molecule has 4 rings (SSSR count). The molecular formula is C36H68N2O7. The first-order valence-corrected chi connectivity index (χ1v) is 18.5. The van der Waals surface area contributed by atoms with Crippen LogP contribution in [0.15, 0.2) is 0 Å². The highest BCUT2D eigenvalue weighted by atomic mass is 16.8. The van der Waals surface area contributed by atoms with Crippen molar-refractivity contribution in [2.45, 2.75) is 173 Å². The molecule has 4 heterocycles. The van der Waals surface area contributed by atoms with Crippen LogP contribution in [-0.2, 0) is 33.2 Å². The van der Waals surface area contributed by atoms with E-state index in [-0.39, 0.29) is 30.0 Å². The molecule has 0 bridgehead atoms. The number of hydrogen-bond acceptors (Lipinski definition) is 9. The fourth-order valence-corrected chi connectivity index (χ4v) is 7.89. The van der Waals surface area contributed by atoms with Gasteiger partial charge in [-0.3, -0.25) is 9.80 Å². The number of rotatable bonds is 20. The molecule has 9 heteroatoms. The fraction of sp³-hybridized carbons (Fsp3) is 1.00. The summed E-state index contributed by atoms with van der Waals surface area (Å²) in [5.41, 5.74) is 0.000946. The third kappa shape index (κ3) is 11.4. The van der Waals surface area contributed by atoms with Crippen LogP contribution >= 0.6 is 0 Å². The standard InChI is InChI=1S/C36H68N2O7/c1-9-13-18-33(5)19-14-29(42-33)22-37(23-30-26-39-34(6,43-30)15-10-2)20-21-38(24-31-27-40-35(7,44-31)16-11-3)25-32-28-41-36(8,45-32)17-12-4/h29-32H,9-28H2,1-8H3. The average molecular weight is 641 g/mol. The van der Waals surface area contributed by atoms with Crippen LogP contribution in [0, 0.1) is 0 Å². The van der Waals surface area contributed by atoms with Crippen molar-refractivity contribution in [1.29, 1.82) is 0 Å². The lowest BCUT2D eigenvalue weighted by Crippen LogP contribution is -2.47. The molecule has 45 heavy (non-hydrogen) atoms. The lowest BCUT2D eigenvalue weighted by molar-refractivity contribution is -0.165. The first-order chi connectivity index (χ1) is 21.4. The highest BCUT2D eigenvalue weighted by Crippen LogP contribution is 2.35. The Balaban J connectivity index is 1.42. The minimum Gasteiger partial charge on any atom is -0.371 e. The summed E-state index contributed by atoms with van der Waals surface area (Å²) in [6.07, 6.45) is 12.1. The second-order valence-corrected chi connectivity index (χ2v) is 15.2. The molecule has 4 aliphatic rings. The zero-order chi connectivity index (χ0) is 32.6. The Morgan fingerprint density at radius 3 is 1.29 bits per heavy atom. The molecule has 8 unspecified atom stereocenters. The molecule has 0 spiro atoms. The minimum atomic E-state index is -0.487. The summed E-state index contributed by atoms with van der Waals surface area (Å²) in [5.74, 6) is -1.45. The van der Waals surface area contributed by atoms with Gasteiger partial charge in [-0.15, -0.1) is 0 Å². The molecule has 0 aromatic rings. The predicted molar refractivity (Wildman–Crippen MR) is 177 cm³/mol. The Kier molecular flexibility index (Phi) is 14.0. The van der Waals surface area contributed by atoms with E-state index in [1.807, 2.05) is 0 Å². The van der Waals surface area contributed by atoms with E-state index in [4.69, 9.17) is 33.2 Å². The maximum atomic E-state index is 6.74. The second kappa shape index (κ2) is 16.8. The smallest absolute Gasteiger partial charge is 0.166 e. The minimum absolute atomic E-state index is 0.000946. The van der Waals surface area contributed by atoms with Gasteiger partial charge in [0.15, 0.2) is 17.4 Å². The molecule has 264 valence electrons. The molecule has 0 N–H and O–H groups in total. The van der Waals surface area contributed by atoms with Crippen molar-refractivity contribution in [3.05, 3.63) is 0 Å². The summed E-state index contributed by atoms with van der Waals surface area (Å²) < 4.78 is 44.7. The maximum absolute atomic E-state index is 6.74. The van der Waals surface area contributed by atoms with E-state index in [2.05, 4.69) is 65.2 Å². The molecule has 0 aliphatic carbocycles. The molecule has 8 atom stereocenters. The van der Waals surface area contributed by atoms with Gasteiger partial charge in [-0.25, -0.2) is 0 Å². The van der Waals surface area contributed by atoms with Crippen LogP contribution in [0.25, 0.3) is 0 Å². The molecule has 0 aromatic heterocycles. The molecule has 0 aromatic carbocycles. The van der Waals surface area contributed by atoms with Crippen LogP contribution in [-0.4, -0.2) is 116 Å². The number of hydrogen-bond donors (Lipinski definition) is 0. The molecule has 0 amide bonds. The zero-order valence-corrected chi connectivity index (χ0v) is 30.2. The molecule has 9 nitrogen and oxygen atoms in total. The molecular weight excluding hydrogens is 572 g/mol. The van der Waals surface area contributed by atoms with Gasteiger partial charge in [-0.1, -0.05) is 59.8 Å². The van der Waals surface area contributed by atoms with E-state index in [0.717, 1.165) is 97.1 Å². The molecule has 4 saturated heterocycles. The van der Waals surface area contributed by atoms with Crippen molar-refractivity contribution in [3.8, 4) is 0 Å². The highest BCUT2D eigenvalue weighted by Gasteiger charge is 2.42. The largest absolute Gasteiger partial charge is 0.371 e. The molecule has 4 aliphatic heterocycles. The van der Waals surface area contributed by atoms with Gasteiger partial charge in [0.05, 0.1) is 49.8 Å². The van der Waals surface area contributed by atoms with E-state index in [0.29, 0.717) is 19.8 Å². The van der Waals surface area contributed by atoms with Gasteiger partial charge < -0.3 is 33.2 Å². The van der Waals surface area contributed by atoms with Crippen molar-refractivity contribution in [2.75, 3.05) is 59.1 Å². The summed E-state index contributed by atoms with van der Waals surface area (Å²) in [6, 6.07) is 0. The number of ether oxygens (including phenoxy) is 7. The first-order valence-electron chi connectivity index (χ1n) is 18.5. The van der Waals surface area contributed by atoms with Gasteiger partial charge in [-0.2, -0.15) is 0 Å². The van der Waals surface area contributed by atoms with E-state index in [1.165, 1.54) is 12.8 Å². The normalized spacial score (nSPS) is 38.8.